The fourth-order valence-corrected chi connectivity index (χ4v) is 2.79. The normalized spacial score (nSPS) is 10.2. The van der Waals surface area contributed by atoms with Gasteiger partial charge in [0.2, 0.25) is 5.13 Å². The molecular formula is C12H11N3O2S2. The highest BCUT2D eigenvalue weighted by Crippen LogP contribution is 2.25. The number of carbonyl (C=O) groups is 2. The van der Waals surface area contributed by atoms with E-state index < -0.39 is 0 Å². The van der Waals surface area contributed by atoms with Crippen LogP contribution in [-0.2, 0) is 4.79 Å². The number of rotatable bonds is 5. The Hall–Kier alpha value is -1.73. The van der Waals surface area contributed by atoms with Crippen molar-refractivity contribution in [1.29, 1.82) is 0 Å². The third-order valence-corrected chi connectivity index (χ3v) is 4.18. The average molecular weight is 293 g/mol. The zero-order valence-corrected chi connectivity index (χ0v) is 11.8. The zero-order chi connectivity index (χ0) is 13.7. The summed E-state index contributed by atoms with van der Waals surface area (Å²) in [7, 11) is 0. The van der Waals surface area contributed by atoms with Crippen LogP contribution < -0.4 is 5.32 Å². The van der Waals surface area contributed by atoms with E-state index in [0.717, 1.165) is 0 Å². The Balaban J connectivity index is 1.96. The number of thioether (sulfide) groups is 1. The highest BCUT2D eigenvalue weighted by molar-refractivity contribution is 8.01. The summed E-state index contributed by atoms with van der Waals surface area (Å²) in [6.07, 6.45) is 0. The fraction of sp³-hybridized carbons (Fsp3) is 0.167. The summed E-state index contributed by atoms with van der Waals surface area (Å²) < 4.78 is 0.665. The third kappa shape index (κ3) is 4.15. The van der Waals surface area contributed by atoms with Crippen molar-refractivity contribution in [3.63, 3.8) is 0 Å². The molecule has 0 saturated heterocycles. The van der Waals surface area contributed by atoms with E-state index in [1.165, 1.54) is 30.0 Å². The van der Waals surface area contributed by atoms with E-state index in [0.29, 0.717) is 20.8 Å². The van der Waals surface area contributed by atoms with Gasteiger partial charge in [0.1, 0.15) is 5.78 Å². The Kier molecular flexibility index (Phi) is 4.64. The number of hydrogen-bond acceptors (Lipinski definition) is 6. The molecule has 0 saturated carbocycles. The fourth-order valence-electron chi connectivity index (χ4n) is 1.24. The Morgan fingerprint density at radius 1 is 1.26 bits per heavy atom. The van der Waals surface area contributed by atoms with Gasteiger partial charge < -0.3 is 0 Å². The Labute approximate surface area is 118 Å². The zero-order valence-electron chi connectivity index (χ0n) is 10.1. The smallest absolute Gasteiger partial charge is 0.257 e. The summed E-state index contributed by atoms with van der Waals surface area (Å²) in [5.74, 6) is 0.219. The van der Waals surface area contributed by atoms with Crippen LogP contribution in [0.15, 0.2) is 34.7 Å². The average Bonchev–Trinajstić information content (AvgIpc) is 2.85. The summed E-state index contributed by atoms with van der Waals surface area (Å²) in [4.78, 5) is 22.7. The largest absolute Gasteiger partial charge is 0.299 e. The molecule has 1 aromatic heterocycles. The number of nitrogens with zero attached hydrogens (tertiary/aromatic N) is 2. The van der Waals surface area contributed by atoms with Crippen LogP contribution in [0.25, 0.3) is 0 Å². The van der Waals surface area contributed by atoms with Crippen molar-refractivity contribution < 1.29 is 9.59 Å². The standard InChI is InChI=1S/C12H11N3O2S2/c1-8(16)7-18-12-15-14-11(19-12)13-10(17)9-5-3-2-4-6-9/h2-6H,7H2,1H3,(H,13,14,17). The van der Waals surface area contributed by atoms with Crippen molar-refractivity contribution in [2.45, 2.75) is 11.3 Å². The van der Waals surface area contributed by atoms with Crippen LogP contribution in [0.2, 0.25) is 0 Å². The molecular weight excluding hydrogens is 282 g/mol. The van der Waals surface area contributed by atoms with E-state index in [1.54, 1.807) is 24.3 Å². The number of nitrogens with one attached hydrogen (secondary N) is 1. The SMILES string of the molecule is CC(=O)CSc1nnc(NC(=O)c2ccccc2)s1. The van der Waals surface area contributed by atoms with Gasteiger partial charge in [-0.2, -0.15) is 0 Å². The summed E-state index contributed by atoms with van der Waals surface area (Å²) in [5, 5.41) is 10.9. The number of benzene rings is 1. The lowest BCUT2D eigenvalue weighted by molar-refractivity contribution is -0.114. The molecule has 0 bridgehead atoms. The minimum atomic E-state index is -0.222. The Bertz CT molecular complexity index is 584. The van der Waals surface area contributed by atoms with Gasteiger partial charge in [0.05, 0.1) is 5.75 Å². The van der Waals surface area contributed by atoms with Gasteiger partial charge >= 0.3 is 0 Å². The van der Waals surface area contributed by atoms with Crippen LogP contribution in [0.4, 0.5) is 5.13 Å². The molecule has 7 heteroatoms. The highest BCUT2D eigenvalue weighted by atomic mass is 32.2. The van der Waals surface area contributed by atoms with Gasteiger partial charge in [0, 0.05) is 5.56 Å². The van der Waals surface area contributed by atoms with E-state index in [2.05, 4.69) is 15.5 Å². The predicted molar refractivity (Wildman–Crippen MR) is 75.7 cm³/mol. The molecule has 2 rings (SSSR count). The Morgan fingerprint density at radius 2 is 2.00 bits per heavy atom. The van der Waals surface area contributed by atoms with Gasteiger partial charge in [-0.15, -0.1) is 10.2 Å². The van der Waals surface area contributed by atoms with Gasteiger partial charge in [-0.25, -0.2) is 0 Å². The third-order valence-electron chi connectivity index (χ3n) is 2.06. The second kappa shape index (κ2) is 6.44. The first-order valence-electron chi connectivity index (χ1n) is 5.47. The van der Waals surface area contributed by atoms with Gasteiger partial charge in [-0.1, -0.05) is 41.3 Å². The van der Waals surface area contributed by atoms with Crippen LogP contribution >= 0.6 is 23.1 Å². The molecule has 0 spiro atoms. The van der Waals surface area contributed by atoms with Gasteiger partial charge in [0.15, 0.2) is 4.34 Å². The van der Waals surface area contributed by atoms with Crippen molar-refractivity contribution in [2.75, 3.05) is 11.1 Å². The first kappa shape index (κ1) is 13.7. The molecule has 98 valence electrons. The number of anilines is 1. The van der Waals surface area contributed by atoms with Crippen molar-refractivity contribution in [2.24, 2.45) is 0 Å². The van der Waals surface area contributed by atoms with E-state index >= 15 is 0 Å². The van der Waals surface area contributed by atoms with Crippen molar-refractivity contribution in [3.05, 3.63) is 35.9 Å². The maximum absolute atomic E-state index is 11.9. The molecule has 0 unspecified atom stereocenters. The van der Waals surface area contributed by atoms with Crippen LogP contribution in [0.3, 0.4) is 0 Å². The topological polar surface area (TPSA) is 72.0 Å². The number of Topliss-reactive ketones (excluding diaryl/α,β-unsaturated/α-hetero) is 1. The van der Waals surface area contributed by atoms with Crippen molar-refractivity contribution >= 4 is 39.9 Å². The van der Waals surface area contributed by atoms with E-state index in [4.69, 9.17) is 0 Å². The first-order chi connectivity index (χ1) is 9.15. The van der Waals surface area contributed by atoms with Crippen molar-refractivity contribution in [3.8, 4) is 0 Å². The molecule has 0 radical (unpaired) electrons. The van der Waals surface area contributed by atoms with Gasteiger partial charge in [0.25, 0.3) is 5.91 Å². The molecule has 5 nitrogen and oxygen atoms in total. The lowest BCUT2D eigenvalue weighted by Gasteiger charge is -1.99. The molecule has 0 aliphatic carbocycles. The number of aromatic nitrogens is 2. The molecule has 0 fully saturated rings. The molecule has 0 aliphatic heterocycles. The predicted octanol–water partition coefficient (Wildman–Crippen LogP) is 2.47. The highest BCUT2D eigenvalue weighted by Gasteiger charge is 2.10. The second-order valence-corrected chi connectivity index (χ2v) is 5.88. The van der Waals surface area contributed by atoms with Gasteiger partial charge in [-0.3, -0.25) is 14.9 Å². The van der Waals surface area contributed by atoms with Crippen LogP contribution in [-0.4, -0.2) is 27.6 Å². The number of carbonyl (C=O) groups excluding carboxylic acids is 2. The van der Waals surface area contributed by atoms with Crippen LogP contribution in [0, 0.1) is 0 Å². The maximum atomic E-state index is 11.9. The quantitative estimate of drug-likeness (QED) is 0.677. The maximum Gasteiger partial charge on any atom is 0.257 e. The van der Waals surface area contributed by atoms with Crippen molar-refractivity contribution in [1.82, 2.24) is 10.2 Å². The summed E-state index contributed by atoms with van der Waals surface area (Å²) >= 11 is 2.57. The summed E-state index contributed by atoms with van der Waals surface area (Å²) in [5.41, 5.74) is 0.565. The van der Waals surface area contributed by atoms with Crippen LogP contribution in [0.1, 0.15) is 17.3 Å². The first-order valence-corrected chi connectivity index (χ1v) is 7.27. The second-order valence-electron chi connectivity index (χ2n) is 3.68. The summed E-state index contributed by atoms with van der Waals surface area (Å²) in [6.45, 7) is 1.52. The summed E-state index contributed by atoms with van der Waals surface area (Å²) in [6, 6.07) is 8.88. The Morgan fingerprint density at radius 3 is 2.68 bits per heavy atom. The molecule has 0 atom stereocenters. The number of amides is 1. The minimum absolute atomic E-state index is 0.0788. The van der Waals surface area contributed by atoms with E-state index in [1.807, 2.05) is 6.07 Å². The molecule has 1 heterocycles. The van der Waals surface area contributed by atoms with Gasteiger partial charge in [-0.05, 0) is 19.1 Å². The monoisotopic (exact) mass is 293 g/mol. The molecule has 1 N–H and O–H groups in total. The molecule has 1 aromatic carbocycles. The molecule has 19 heavy (non-hydrogen) atoms. The number of hydrogen-bond donors (Lipinski definition) is 1. The lowest BCUT2D eigenvalue weighted by Crippen LogP contribution is -2.11. The number of ketones is 1. The molecule has 0 aliphatic rings. The van der Waals surface area contributed by atoms with E-state index in [-0.39, 0.29) is 11.7 Å². The molecule has 2 aromatic rings. The van der Waals surface area contributed by atoms with Crippen LogP contribution in [0.5, 0.6) is 0 Å². The lowest BCUT2D eigenvalue weighted by atomic mass is 10.2. The molecule has 1 amide bonds. The van der Waals surface area contributed by atoms with E-state index in [9.17, 15) is 9.59 Å². The minimum Gasteiger partial charge on any atom is -0.299 e.